The van der Waals surface area contributed by atoms with Crippen molar-refractivity contribution in [2.24, 2.45) is 0 Å². The zero-order valence-corrected chi connectivity index (χ0v) is 38.5. The van der Waals surface area contributed by atoms with Crippen LogP contribution in [0.25, 0.3) is 0 Å². The summed E-state index contributed by atoms with van der Waals surface area (Å²) in [4.78, 5) is 12.8. The lowest BCUT2D eigenvalue weighted by Crippen LogP contribution is -2.67. The normalized spacial score (nSPS) is 23.9. The monoisotopic (exact) mass is 833 g/mol. The van der Waals surface area contributed by atoms with Gasteiger partial charge in [-0.25, -0.2) is 4.79 Å². The lowest BCUT2D eigenvalue weighted by molar-refractivity contribution is -0.139. The highest BCUT2D eigenvalue weighted by Crippen LogP contribution is 2.39. The van der Waals surface area contributed by atoms with Crippen LogP contribution in [0.15, 0.2) is 72.3 Å². The fourth-order valence-corrected chi connectivity index (χ4v) is 14.7. The number of aliphatic hydroxyl groups is 2. The molecule has 59 heavy (non-hydrogen) atoms. The second-order valence-electron chi connectivity index (χ2n) is 19.1. The average molecular weight is 833 g/mol. The van der Waals surface area contributed by atoms with Crippen molar-refractivity contribution >= 4 is 24.7 Å². The largest absolute Gasteiger partial charge is 0.455 e. The number of ether oxygens (including phenoxy) is 3. The highest BCUT2D eigenvalue weighted by atomic mass is 28.4. The summed E-state index contributed by atoms with van der Waals surface area (Å²) in [5.41, 5.74) is 0.736. The molecule has 330 valence electrons. The molecule has 7 nitrogen and oxygen atoms in total. The fourth-order valence-electron chi connectivity index (χ4n) is 9.95. The first-order valence-corrected chi connectivity index (χ1v) is 25.8. The number of unbranched alkanes of at least 4 members (excludes halogenated alkanes) is 12. The zero-order valence-electron chi connectivity index (χ0n) is 37.5. The van der Waals surface area contributed by atoms with E-state index in [0.717, 1.165) is 95.5 Å². The minimum absolute atomic E-state index is 0.0263. The quantitative estimate of drug-likeness (QED) is 0.0526. The van der Waals surface area contributed by atoms with Gasteiger partial charge in [-0.15, -0.1) is 0 Å². The van der Waals surface area contributed by atoms with Crippen molar-refractivity contribution in [3.05, 3.63) is 72.3 Å². The van der Waals surface area contributed by atoms with Gasteiger partial charge in [-0.3, -0.25) is 0 Å². The average Bonchev–Trinajstić information content (AvgIpc) is 3.99. The molecule has 8 unspecified atom stereocenters. The summed E-state index contributed by atoms with van der Waals surface area (Å²) in [6.07, 6.45) is 24.0. The van der Waals surface area contributed by atoms with Crippen LogP contribution in [-0.2, 0) is 23.4 Å². The Bertz CT molecular complexity index is 1470. The number of rotatable bonds is 27. The molecule has 0 aromatic heterocycles. The van der Waals surface area contributed by atoms with Gasteiger partial charge in [0.05, 0.1) is 42.7 Å². The number of benzene rings is 2. The van der Waals surface area contributed by atoms with E-state index in [-0.39, 0.29) is 53.7 Å². The molecule has 3 aliphatic rings. The molecule has 2 aromatic carbocycles. The van der Waals surface area contributed by atoms with Crippen LogP contribution in [0, 0.1) is 0 Å². The number of aliphatic hydroxyl groups excluding tert-OH is 2. The first-order valence-electron chi connectivity index (χ1n) is 23.9. The number of esters is 1. The molecule has 2 aromatic rings. The number of cyclic esters (lactones) is 1. The Morgan fingerprint density at radius 1 is 0.661 bits per heavy atom. The van der Waals surface area contributed by atoms with E-state index in [9.17, 15) is 15.0 Å². The number of hydrogen-bond donors (Lipinski definition) is 2. The molecule has 0 bridgehead atoms. The molecule has 2 N–H and O–H groups in total. The standard InChI is InChI=1S/C51H80O7Si/c1-6-7-8-9-10-11-15-24-31-44(52)46-33-35-48(56-46)49-36-34-47(57-49)45(53)32-25-16-13-12-14-19-26-41(38-40-37-39(2)55-50(40)54)58-59(51(3,4)5,42-27-20-17-21-28-42)43-29-22-18-23-30-43/h17-18,20-23,27-30,37,39,41,44-49,52-53H,6-16,19,24-26,31-36,38H2,1-5H3. The maximum atomic E-state index is 12.8. The first kappa shape index (κ1) is 47.7. The predicted molar refractivity (Wildman–Crippen MR) is 243 cm³/mol. The molecule has 0 aliphatic carbocycles. The van der Waals surface area contributed by atoms with E-state index in [4.69, 9.17) is 18.6 Å². The Morgan fingerprint density at radius 3 is 1.53 bits per heavy atom. The van der Waals surface area contributed by atoms with Crippen molar-refractivity contribution in [3.63, 3.8) is 0 Å². The van der Waals surface area contributed by atoms with Gasteiger partial charge in [-0.05, 0) is 73.4 Å². The summed E-state index contributed by atoms with van der Waals surface area (Å²) in [6.45, 7) is 11.1. The minimum Gasteiger partial charge on any atom is -0.455 e. The van der Waals surface area contributed by atoms with E-state index < -0.39 is 14.4 Å². The molecule has 3 heterocycles. The highest BCUT2D eigenvalue weighted by molar-refractivity contribution is 6.99. The van der Waals surface area contributed by atoms with Crippen molar-refractivity contribution in [2.45, 2.75) is 230 Å². The van der Waals surface area contributed by atoms with Crippen molar-refractivity contribution in [2.75, 3.05) is 0 Å². The number of hydrogen-bond acceptors (Lipinski definition) is 7. The van der Waals surface area contributed by atoms with Gasteiger partial charge in [-0.2, -0.15) is 0 Å². The molecule has 0 radical (unpaired) electrons. The third kappa shape index (κ3) is 14.1. The molecule has 0 amide bonds. The van der Waals surface area contributed by atoms with Gasteiger partial charge in [0.15, 0.2) is 0 Å². The van der Waals surface area contributed by atoms with Crippen molar-refractivity contribution in [1.82, 2.24) is 0 Å². The lowest BCUT2D eigenvalue weighted by Gasteiger charge is -2.45. The number of carbonyl (C=O) groups is 1. The summed E-state index contributed by atoms with van der Waals surface area (Å²) < 4.78 is 25.8. The van der Waals surface area contributed by atoms with Gasteiger partial charge in [0, 0.05) is 12.0 Å². The zero-order chi connectivity index (χ0) is 42.1. The molecule has 0 spiro atoms. The molecule has 0 saturated carbocycles. The Hall–Kier alpha value is -2.33. The third-order valence-electron chi connectivity index (χ3n) is 13.3. The van der Waals surface area contributed by atoms with Crippen LogP contribution in [0.2, 0.25) is 5.04 Å². The minimum atomic E-state index is -2.79. The van der Waals surface area contributed by atoms with Gasteiger partial charge in [-0.1, -0.05) is 178 Å². The lowest BCUT2D eigenvalue weighted by atomic mass is 10.00. The molecular formula is C51H80O7Si. The van der Waals surface area contributed by atoms with E-state index in [1.54, 1.807) is 0 Å². The van der Waals surface area contributed by atoms with Crippen molar-refractivity contribution < 1.29 is 33.6 Å². The van der Waals surface area contributed by atoms with Crippen LogP contribution < -0.4 is 10.4 Å². The molecule has 8 atom stereocenters. The van der Waals surface area contributed by atoms with E-state index in [0.29, 0.717) is 6.42 Å². The number of carbonyl (C=O) groups excluding carboxylic acids is 1. The van der Waals surface area contributed by atoms with Gasteiger partial charge in [0.2, 0.25) is 0 Å². The Morgan fingerprint density at radius 2 is 1.10 bits per heavy atom. The SMILES string of the molecule is CCCCCCCCCCC(O)C1CCC(C2CCC(C(O)CCCCCCCCC(CC3=CC(C)OC3=O)O[Si](c3ccccc3)(c3ccccc3)C(C)(C)C)O2)O1. The van der Waals surface area contributed by atoms with Crippen LogP contribution in [0.1, 0.15) is 176 Å². The van der Waals surface area contributed by atoms with Gasteiger partial charge < -0.3 is 28.8 Å². The van der Waals surface area contributed by atoms with Gasteiger partial charge in [0.25, 0.3) is 8.32 Å². The summed E-state index contributed by atoms with van der Waals surface area (Å²) in [6, 6.07) is 21.5. The van der Waals surface area contributed by atoms with Crippen molar-refractivity contribution in [1.29, 1.82) is 0 Å². The van der Waals surface area contributed by atoms with Crippen LogP contribution in [0.5, 0.6) is 0 Å². The van der Waals surface area contributed by atoms with Crippen molar-refractivity contribution in [3.8, 4) is 0 Å². The molecule has 8 heteroatoms. The summed E-state index contributed by atoms with van der Waals surface area (Å²) in [7, 11) is -2.79. The molecule has 2 saturated heterocycles. The highest BCUT2D eigenvalue weighted by Gasteiger charge is 2.51. The smallest absolute Gasteiger partial charge is 0.334 e. The summed E-state index contributed by atoms with van der Waals surface area (Å²) in [5.74, 6) is -0.214. The molecule has 5 rings (SSSR count). The Kier molecular flexibility index (Phi) is 19.7. The second kappa shape index (κ2) is 24.3. The maximum absolute atomic E-state index is 12.8. The topological polar surface area (TPSA) is 94.5 Å². The van der Waals surface area contributed by atoms with Crippen LogP contribution in [-0.4, -0.2) is 73.3 Å². The predicted octanol–water partition coefficient (Wildman–Crippen LogP) is 10.7. The molecule has 2 fully saturated rings. The van der Waals surface area contributed by atoms with Crippen LogP contribution in [0.4, 0.5) is 0 Å². The van der Waals surface area contributed by atoms with Crippen LogP contribution in [0.3, 0.4) is 0 Å². The molecule has 3 aliphatic heterocycles. The van der Waals surface area contributed by atoms with E-state index >= 15 is 0 Å². The summed E-state index contributed by atoms with van der Waals surface area (Å²) in [5, 5.41) is 24.2. The van der Waals surface area contributed by atoms with E-state index in [1.807, 2.05) is 13.0 Å². The maximum Gasteiger partial charge on any atom is 0.334 e. The van der Waals surface area contributed by atoms with E-state index in [1.165, 1.54) is 55.3 Å². The Labute approximate surface area is 359 Å². The summed E-state index contributed by atoms with van der Waals surface area (Å²) >= 11 is 0. The van der Waals surface area contributed by atoms with E-state index in [2.05, 4.69) is 88.4 Å². The first-order chi connectivity index (χ1) is 28.5. The second-order valence-corrected chi connectivity index (χ2v) is 23.3. The van der Waals surface area contributed by atoms with Gasteiger partial charge >= 0.3 is 5.97 Å². The van der Waals surface area contributed by atoms with Crippen LogP contribution >= 0.6 is 0 Å². The van der Waals surface area contributed by atoms with Gasteiger partial charge in [0.1, 0.15) is 6.10 Å². The third-order valence-corrected chi connectivity index (χ3v) is 18.4. The molecular weight excluding hydrogens is 753 g/mol. The Balaban J connectivity index is 1.02. The fraction of sp³-hybridized carbons (Fsp3) is 0.706.